The van der Waals surface area contributed by atoms with Crippen molar-refractivity contribution in [1.82, 2.24) is 14.5 Å². The van der Waals surface area contributed by atoms with Gasteiger partial charge >= 0.3 is 0 Å². The lowest BCUT2D eigenvalue weighted by Crippen LogP contribution is -2.42. The Morgan fingerprint density at radius 1 is 1.33 bits per heavy atom. The molecule has 0 atom stereocenters. The van der Waals surface area contributed by atoms with Crippen molar-refractivity contribution in [2.45, 2.75) is 13.3 Å². The van der Waals surface area contributed by atoms with E-state index in [4.69, 9.17) is 0 Å². The zero-order chi connectivity index (χ0) is 12.9. The molecule has 18 heavy (non-hydrogen) atoms. The minimum absolute atomic E-state index is 0. The van der Waals surface area contributed by atoms with E-state index in [0.717, 1.165) is 23.8 Å². The Labute approximate surface area is 115 Å². The first kappa shape index (κ1) is 17.6. The SMILES string of the molecule is CCS(=O)(=O)N(C)CC(=O)N1CCCNCC1.Cl. The van der Waals surface area contributed by atoms with Gasteiger partial charge < -0.3 is 10.2 Å². The van der Waals surface area contributed by atoms with Crippen LogP contribution in [0.5, 0.6) is 0 Å². The highest BCUT2D eigenvalue weighted by Crippen LogP contribution is 2.01. The minimum atomic E-state index is -3.27. The van der Waals surface area contributed by atoms with E-state index >= 15 is 0 Å². The molecule has 1 saturated heterocycles. The number of nitrogens with zero attached hydrogens (tertiary/aromatic N) is 2. The Bertz CT molecular complexity index is 353. The average molecular weight is 300 g/mol. The molecule has 0 unspecified atom stereocenters. The van der Waals surface area contributed by atoms with Crippen LogP contribution in [0.25, 0.3) is 0 Å². The molecular formula is C10H22ClN3O3S. The lowest BCUT2D eigenvalue weighted by atomic mass is 10.4. The number of hydrogen-bond donors (Lipinski definition) is 1. The molecule has 0 bridgehead atoms. The second-order valence-corrected chi connectivity index (χ2v) is 6.51. The second kappa shape index (κ2) is 7.93. The van der Waals surface area contributed by atoms with Gasteiger partial charge in [0, 0.05) is 26.7 Å². The van der Waals surface area contributed by atoms with E-state index in [0.29, 0.717) is 13.1 Å². The fourth-order valence-corrected chi connectivity index (χ4v) is 2.45. The molecule has 108 valence electrons. The molecule has 0 radical (unpaired) electrons. The maximum Gasteiger partial charge on any atom is 0.237 e. The molecule has 0 saturated carbocycles. The van der Waals surface area contributed by atoms with Gasteiger partial charge in [0.1, 0.15) is 0 Å². The Hall–Kier alpha value is -0.370. The maximum atomic E-state index is 11.9. The number of carbonyl (C=O) groups is 1. The van der Waals surface area contributed by atoms with Gasteiger partial charge in [-0.25, -0.2) is 8.42 Å². The van der Waals surface area contributed by atoms with Gasteiger partial charge in [0.25, 0.3) is 0 Å². The van der Waals surface area contributed by atoms with E-state index in [2.05, 4.69) is 5.32 Å². The van der Waals surface area contributed by atoms with Crippen molar-refractivity contribution in [3.8, 4) is 0 Å². The van der Waals surface area contributed by atoms with Gasteiger partial charge in [-0.05, 0) is 19.9 Å². The van der Waals surface area contributed by atoms with Crippen LogP contribution in [-0.2, 0) is 14.8 Å². The number of amides is 1. The number of sulfonamides is 1. The monoisotopic (exact) mass is 299 g/mol. The van der Waals surface area contributed by atoms with Crippen LogP contribution in [0.4, 0.5) is 0 Å². The number of likely N-dealkylation sites (N-methyl/N-ethyl adjacent to an activating group) is 1. The highest BCUT2D eigenvalue weighted by atomic mass is 35.5. The summed E-state index contributed by atoms with van der Waals surface area (Å²) in [6.45, 7) is 4.55. The van der Waals surface area contributed by atoms with Crippen LogP contribution in [0.3, 0.4) is 0 Å². The largest absolute Gasteiger partial charge is 0.340 e. The van der Waals surface area contributed by atoms with Gasteiger partial charge in [0.2, 0.25) is 15.9 Å². The maximum absolute atomic E-state index is 11.9. The van der Waals surface area contributed by atoms with Crippen molar-refractivity contribution in [1.29, 1.82) is 0 Å². The molecule has 1 amide bonds. The second-order valence-electron chi connectivity index (χ2n) is 4.14. The Kier molecular flexibility index (Phi) is 7.77. The van der Waals surface area contributed by atoms with Crippen LogP contribution >= 0.6 is 12.4 Å². The highest BCUT2D eigenvalue weighted by Gasteiger charge is 2.22. The van der Waals surface area contributed by atoms with Crippen LogP contribution in [0.1, 0.15) is 13.3 Å². The summed E-state index contributed by atoms with van der Waals surface area (Å²) in [5, 5.41) is 3.20. The third-order valence-electron chi connectivity index (χ3n) is 2.89. The van der Waals surface area contributed by atoms with E-state index in [1.54, 1.807) is 11.8 Å². The van der Waals surface area contributed by atoms with Gasteiger partial charge in [0.15, 0.2) is 0 Å². The molecule has 1 aliphatic rings. The van der Waals surface area contributed by atoms with E-state index in [-0.39, 0.29) is 30.6 Å². The van der Waals surface area contributed by atoms with Crippen molar-refractivity contribution in [2.24, 2.45) is 0 Å². The summed E-state index contributed by atoms with van der Waals surface area (Å²) in [7, 11) is -1.82. The van der Waals surface area contributed by atoms with Crippen molar-refractivity contribution < 1.29 is 13.2 Å². The van der Waals surface area contributed by atoms with Gasteiger partial charge in [-0.1, -0.05) is 0 Å². The summed E-state index contributed by atoms with van der Waals surface area (Å²) < 4.78 is 24.2. The summed E-state index contributed by atoms with van der Waals surface area (Å²) >= 11 is 0. The molecule has 0 spiro atoms. The third kappa shape index (κ3) is 5.09. The molecule has 0 aromatic carbocycles. The summed E-state index contributed by atoms with van der Waals surface area (Å²) in [4.78, 5) is 13.6. The standard InChI is InChI=1S/C10H21N3O3S.ClH/c1-3-17(15,16)12(2)9-10(14)13-7-4-5-11-6-8-13;/h11H,3-9H2,1-2H3;1H. The summed E-state index contributed by atoms with van der Waals surface area (Å²) in [5.74, 6) is -0.0913. The van der Waals surface area contributed by atoms with Crippen LogP contribution in [0, 0.1) is 0 Å². The fourth-order valence-electron chi connectivity index (χ4n) is 1.70. The summed E-state index contributed by atoms with van der Waals surface area (Å²) in [5.41, 5.74) is 0. The number of halogens is 1. The summed E-state index contributed by atoms with van der Waals surface area (Å²) in [6.07, 6.45) is 0.913. The predicted molar refractivity (Wildman–Crippen MR) is 73.4 cm³/mol. The van der Waals surface area contributed by atoms with E-state index in [9.17, 15) is 13.2 Å². The van der Waals surface area contributed by atoms with E-state index in [1.165, 1.54) is 7.05 Å². The molecule has 6 nitrogen and oxygen atoms in total. The zero-order valence-corrected chi connectivity index (χ0v) is 12.5. The molecule has 8 heteroatoms. The highest BCUT2D eigenvalue weighted by molar-refractivity contribution is 7.89. The Morgan fingerprint density at radius 3 is 2.61 bits per heavy atom. The quantitative estimate of drug-likeness (QED) is 0.761. The third-order valence-corrected chi connectivity index (χ3v) is 4.70. The van der Waals surface area contributed by atoms with Gasteiger partial charge in [-0.3, -0.25) is 4.79 Å². The molecule has 1 heterocycles. The molecule has 0 aromatic rings. The molecule has 1 N–H and O–H groups in total. The molecule has 1 rings (SSSR count). The van der Waals surface area contributed by atoms with Gasteiger partial charge in [0.05, 0.1) is 12.3 Å². The van der Waals surface area contributed by atoms with Crippen LogP contribution < -0.4 is 5.32 Å². The first-order valence-electron chi connectivity index (χ1n) is 5.90. The number of rotatable bonds is 4. The fraction of sp³-hybridized carbons (Fsp3) is 0.900. The topological polar surface area (TPSA) is 69.7 Å². The molecule has 1 fully saturated rings. The van der Waals surface area contributed by atoms with Crippen molar-refractivity contribution >= 4 is 28.3 Å². The van der Waals surface area contributed by atoms with Crippen LogP contribution in [0.15, 0.2) is 0 Å². The van der Waals surface area contributed by atoms with Gasteiger partial charge in [-0.15, -0.1) is 12.4 Å². The summed E-state index contributed by atoms with van der Waals surface area (Å²) in [6, 6.07) is 0. The van der Waals surface area contributed by atoms with E-state index < -0.39 is 10.0 Å². The predicted octanol–water partition coefficient (Wildman–Crippen LogP) is -0.488. The van der Waals surface area contributed by atoms with Crippen molar-refractivity contribution in [2.75, 3.05) is 45.5 Å². The normalized spacial score (nSPS) is 17.2. The Morgan fingerprint density at radius 2 is 2.00 bits per heavy atom. The van der Waals surface area contributed by atoms with Gasteiger partial charge in [-0.2, -0.15) is 4.31 Å². The molecule has 1 aliphatic heterocycles. The smallest absolute Gasteiger partial charge is 0.237 e. The average Bonchev–Trinajstić information content (AvgIpc) is 2.57. The van der Waals surface area contributed by atoms with Crippen LogP contribution in [0.2, 0.25) is 0 Å². The lowest BCUT2D eigenvalue weighted by molar-refractivity contribution is -0.131. The van der Waals surface area contributed by atoms with Crippen molar-refractivity contribution in [3.63, 3.8) is 0 Å². The lowest BCUT2D eigenvalue weighted by Gasteiger charge is -2.23. The molecule has 0 aromatic heterocycles. The first-order valence-corrected chi connectivity index (χ1v) is 7.51. The van der Waals surface area contributed by atoms with Crippen molar-refractivity contribution in [3.05, 3.63) is 0 Å². The number of nitrogens with one attached hydrogen (secondary N) is 1. The number of hydrogen-bond acceptors (Lipinski definition) is 4. The first-order chi connectivity index (χ1) is 7.97. The molecular weight excluding hydrogens is 278 g/mol. The zero-order valence-electron chi connectivity index (χ0n) is 10.9. The van der Waals surface area contributed by atoms with Crippen LogP contribution in [-0.4, -0.2) is 69.1 Å². The van der Waals surface area contributed by atoms with E-state index in [1.807, 2.05) is 0 Å². The Balaban J connectivity index is 0.00000289. The number of carbonyl (C=O) groups excluding carboxylic acids is 1. The minimum Gasteiger partial charge on any atom is -0.340 e. The molecule has 0 aliphatic carbocycles.